The van der Waals surface area contributed by atoms with Gasteiger partial charge in [-0.05, 0) is 39.0 Å². The zero-order valence-electron chi connectivity index (χ0n) is 17.4. The highest BCUT2D eigenvalue weighted by Crippen LogP contribution is 2.30. The van der Waals surface area contributed by atoms with E-state index in [0.29, 0.717) is 36.2 Å². The van der Waals surface area contributed by atoms with Crippen LogP contribution >= 0.6 is 50.5 Å². The van der Waals surface area contributed by atoms with E-state index in [0.717, 1.165) is 0 Å². The predicted octanol–water partition coefficient (Wildman–Crippen LogP) is 3.65. The predicted molar refractivity (Wildman–Crippen MR) is 131 cm³/mol. The van der Waals surface area contributed by atoms with E-state index in [-0.39, 0.29) is 35.2 Å². The summed E-state index contributed by atoms with van der Waals surface area (Å²) in [4.78, 5) is 24.1. The summed E-state index contributed by atoms with van der Waals surface area (Å²) in [5.41, 5.74) is -0.319. The SMILES string of the molecule is CC(C)(C)C(=O)OCCOC(=O)c1ccc(OCC(S)CS)c(OCC(S)CS)c1. The lowest BCUT2D eigenvalue weighted by Gasteiger charge is -2.17. The van der Waals surface area contributed by atoms with E-state index < -0.39 is 11.4 Å². The molecule has 1 rings (SSSR count). The molecule has 0 aromatic heterocycles. The number of carbonyl (C=O) groups excluding carboxylic acids is 2. The van der Waals surface area contributed by atoms with Crippen molar-refractivity contribution in [1.29, 1.82) is 0 Å². The maximum Gasteiger partial charge on any atom is 0.338 e. The molecule has 2 unspecified atom stereocenters. The number of benzene rings is 1. The first-order chi connectivity index (χ1) is 14.1. The Hall–Kier alpha value is -0.840. The molecule has 0 heterocycles. The summed E-state index contributed by atoms with van der Waals surface area (Å²) in [6.07, 6.45) is 0. The first-order valence-electron chi connectivity index (χ1n) is 9.40. The third-order valence-electron chi connectivity index (χ3n) is 3.63. The first-order valence-corrected chi connectivity index (χ1v) is 11.7. The molecule has 170 valence electrons. The lowest BCUT2D eigenvalue weighted by atomic mass is 9.97. The van der Waals surface area contributed by atoms with Crippen LogP contribution in [0.25, 0.3) is 0 Å². The summed E-state index contributed by atoms with van der Waals surface area (Å²) in [5, 5.41) is -0.124. The number of carbonyl (C=O) groups is 2. The highest BCUT2D eigenvalue weighted by Gasteiger charge is 2.23. The molecule has 30 heavy (non-hydrogen) atoms. The van der Waals surface area contributed by atoms with Gasteiger partial charge < -0.3 is 18.9 Å². The normalized spacial score (nSPS) is 13.3. The molecule has 0 saturated heterocycles. The summed E-state index contributed by atoms with van der Waals surface area (Å²) in [5.74, 6) is 1.05. The topological polar surface area (TPSA) is 71.1 Å². The second-order valence-electron chi connectivity index (χ2n) is 7.48. The van der Waals surface area contributed by atoms with E-state index in [1.165, 1.54) is 0 Å². The monoisotopic (exact) mass is 494 g/mol. The Balaban J connectivity index is 2.75. The van der Waals surface area contributed by atoms with Crippen molar-refractivity contribution in [2.45, 2.75) is 31.3 Å². The molecule has 0 N–H and O–H groups in total. The van der Waals surface area contributed by atoms with Crippen LogP contribution in [0.4, 0.5) is 0 Å². The molecule has 10 heteroatoms. The largest absolute Gasteiger partial charge is 0.489 e. The van der Waals surface area contributed by atoms with Crippen molar-refractivity contribution in [3.8, 4) is 11.5 Å². The van der Waals surface area contributed by atoms with Gasteiger partial charge in [0.2, 0.25) is 0 Å². The fourth-order valence-electron chi connectivity index (χ4n) is 1.91. The van der Waals surface area contributed by atoms with Crippen LogP contribution < -0.4 is 9.47 Å². The Morgan fingerprint density at radius 3 is 1.97 bits per heavy atom. The van der Waals surface area contributed by atoms with Crippen molar-refractivity contribution in [3.63, 3.8) is 0 Å². The molecule has 2 atom stereocenters. The van der Waals surface area contributed by atoms with E-state index in [4.69, 9.17) is 18.9 Å². The molecule has 0 saturated carbocycles. The molecule has 0 radical (unpaired) electrons. The molecule has 0 aliphatic heterocycles. The molecule has 1 aromatic carbocycles. The van der Waals surface area contributed by atoms with Gasteiger partial charge in [0.05, 0.1) is 11.0 Å². The number of rotatable bonds is 12. The van der Waals surface area contributed by atoms with E-state index in [9.17, 15) is 9.59 Å². The Morgan fingerprint density at radius 1 is 0.900 bits per heavy atom. The van der Waals surface area contributed by atoms with Crippen LogP contribution in [0.5, 0.6) is 11.5 Å². The molecule has 0 bridgehead atoms. The van der Waals surface area contributed by atoms with Crippen LogP contribution in [0, 0.1) is 5.41 Å². The van der Waals surface area contributed by atoms with Gasteiger partial charge in [-0.3, -0.25) is 4.79 Å². The molecule has 0 aliphatic carbocycles. The standard InChI is InChI=1S/C20H30O6S4/c1-20(2,3)19(22)24-7-6-23-18(21)13-4-5-16(25-9-14(29)11-27)17(8-13)26-10-15(30)12-28/h4-5,8,14-15,27-30H,6-7,9-12H2,1-3H3. The second-order valence-corrected chi connectivity index (χ2v) is 9.67. The number of hydrogen-bond acceptors (Lipinski definition) is 10. The van der Waals surface area contributed by atoms with Gasteiger partial charge in [0.25, 0.3) is 0 Å². The first kappa shape index (κ1) is 27.2. The third-order valence-corrected chi connectivity index (χ3v) is 5.75. The average Bonchev–Trinajstić information content (AvgIpc) is 2.72. The minimum absolute atomic E-state index is 0.0112. The summed E-state index contributed by atoms with van der Waals surface area (Å²) in [7, 11) is 0. The summed E-state index contributed by atoms with van der Waals surface area (Å²) < 4.78 is 21.8. The minimum Gasteiger partial charge on any atom is -0.489 e. The Kier molecular flexibility index (Phi) is 12.3. The number of ether oxygens (including phenoxy) is 4. The highest BCUT2D eigenvalue weighted by atomic mass is 32.1. The maximum atomic E-state index is 12.3. The number of esters is 2. The quantitative estimate of drug-likeness (QED) is 0.202. The fraction of sp³-hybridized carbons (Fsp3) is 0.600. The Labute approximate surface area is 200 Å². The van der Waals surface area contributed by atoms with Crippen molar-refractivity contribution in [2.24, 2.45) is 5.41 Å². The van der Waals surface area contributed by atoms with Gasteiger partial charge in [0, 0.05) is 22.0 Å². The van der Waals surface area contributed by atoms with Crippen molar-refractivity contribution in [2.75, 3.05) is 37.9 Å². The number of thiol groups is 4. The lowest BCUT2D eigenvalue weighted by molar-refractivity contribution is -0.154. The van der Waals surface area contributed by atoms with Crippen LogP contribution in [-0.4, -0.2) is 60.4 Å². The lowest BCUT2D eigenvalue weighted by Crippen LogP contribution is -2.25. The van der Waals surface area contributed by atoms with Gasteiger partial charge in [0.15, 0.2) is 11.5 Å². The van der Waals surface area contributed by atoms with Crippen molar-refractivity contribution < 1.29 is 28.5 Å². The van der Waals surface area contributed by atoms with Crippen LogP contribution in [0.2, 0.25) is 0 Å². The Morgan fingerprint density at radius 2 is 1.43 bits per heavy atom. The smallest absolute Gasteiger partial charge is 0.338 e. The van der Waals surface area contributed by atoms with Gasteiger partial charge in [-0.1, -0.05) is 0 Å². The molecule has 0 aliphatic rings. The van der Waals surface area contributed by atoms with Gasteiger partial charge in [-0.25, -0.2) is 4.79 Å². The van der Waals surface area contributed by atoms with Gasteiger partial charge in [-0.2, -0.15) is 50.5 Å². The highest BCUT2D eigenvalue weighted by molar-refractivity contribution is 7.85. The molecule has 6 nitrogen and oxygen atoms in total. The molecule has 0 spiro atoms. The average molecular weight is 495 g/mol. The van der Waals surface area contributed by atoms with Gasteiger partial charge in [-0.15, -0.1) is 0 Å². The molecular formula is C20H30O6S4. The van der Waals surface area contributed by atoms with Crippen molar-refractivity contribution >= 4 is 62.5 Å². The van der Waals surface area contributed by atoms with Crippen LogP contribution in [0.1, 0.15) is 31.1 Å². The van der Waals surface area contributed by atoms with E-state index in [1.807, 2.05) is 0 Å². The zero-order chi connectivity index (χ0) is 22.7. The summed E-state index contributed by atoms with van der Waals surface area (Å²) in [6.45, 7) is 5.83. The van der Waals surface area contributed by atoms with E-state index in [1.54, 1.807) is 39.0 Å². The Bertz CT molecular complexity index is 692. The van der Waals surface area contributed by atoms with Crippen LogP contribution in [-0.2, 0) is 14.3 Å². The van der Waals surface area contributed by atoms with Crippen molar-refractivity contribution in [3.05, 3.63) is 23.8 Å². The molecule has 1 aromatic rings. The summed E-state index contributed by atoms with van der Waals surface area (Å²) >= 11 is 17.1. The van der Waals surface area contributed by atoms with E-state index in [2.05, 4.69) is 50.5 Å². The molecular weight excluding hydrogens is 464 g/mol. The molecule has 0 fully saturated rings. The second kappa shape index (κ2) is 13.5. The zero-order valence-corrected chi connectivity index (χ0v) is 20.9. The summed E-state index contributed by atoms with van der Waals surface area (Å²) in [6, 6.07) is 4.77. The third kappa shape index (κ3) is 9.98. The van der Waals surface area contributed by atoms with Gasteiger partial charge >= 0.3 is 11.9 Å². The minimum atomic E-state index is -0.608. The van der Waals surface area contributed by atoms with Gasteiger partial charge in [0.1, 0.15) is 26.4 Å². The fourth-order valence-corrected chi connectivity index (χ4v) is 2.27. The van der Waals surface area contributed by atoms with Crippen LogP contribution in [0.3, 0.4) is 0 Å². The number of hydrogen-bond donors (Lipinski definition) is 4. The van der Waals surface area contributed by atoms with Crippen molar-refractivity contribution in [1.82, 2.24) is 0 Å². The van der Waals surface area contributed by atoms with E-state index >= 15 is 0 Å². The van der Waals surface area contributed by atoms with Crippen LogP contribution in [0.15, 0.2) is 18.2 Å². The maximum absolute atomic E-state index is 12.3. The molecule has 0 amide bonds.